The van der Waals surface area contributed by atoms with Gasteiger partial charge in [0.15, 0.2) is 0 Å². The van der Waals surface area contributed by atoms with E-state index in [9.17, 15) is 9.59 Å². The number of carbonyl (C=O) groups is 2. The van der Waals surface area contributed by atoms with Gasteiger partial charge in [-0.3, -0.25) is 9.59 Å². The van der Waals surface area contributed by atoms with Gasteiger partial charge in [0.2, 0.25) is 12.3 Å². The summed E-state index contributed by atoms with van der Waals surface area (Å²) < 4.78 is 5.87. The third kappa shape index (κ3) is 3.50. The molecule has 0 aromatic heterocycles. The highest BCUT2D eigenvalue weighted by Gasteiger charge is 2.30. The minimum Gasteiger partial charge on any atom is -0.370 e. The number of hydrazone groups is 1. The smallest absolute Gasteiger partial charge is 0.240 e. The molecule has 2 N–H and O–H groups in total. The van der Waals surface area contributed by atoms with Crippen molar-refractivity contribution in [3.8, 4) is 0 Å². The number of nitrogens with one attached hydrogen (secondary N) is 2. The average Bonchev–Trinajstić information content (AvgIpc) is 2.55. The van der Waals surface area contributed by atoms with Crippen molar-refractivity contribution in [2.24, 2.45) is 11.0 Å². The number of amidine groups is 1. The van der Waals surface area contributed by atoms with E-state index in [2.05, 4.69) is 20.7 Å². The van der Waals surface area contributed by atoms with Crippen molar-refractivity contribution in [2.45, 2.75) is 19.4 Å². The lowest BCUT2D eigenvalue weighted by Gasteiger charge is -2.37. The lowest BCUT2D eigenvalue weighted by molar-refractivity contribution is -0.122. The standard InChI is InChI=1S/C16H20N4O3/c1-11-7-15(22)18-19-16(11)20-5-6-23-14(9-20)12-3-2-4-13(8-12)17-10-21/h2-4,8,10-11,14H,5-7,9H2,1H3,(H,17,21)(H,18,22). The van der Waals surface area contributed by atoms with Gasteiger partial charge in [-0.2, -0.15) is 5.10 Å². The summed E-state index contributed by atoms with van der Waals surface area (Å²) in [6.07, 6.45) is 1.03. The lowest BCUT2D eigenvalue weighted by atomic mass is 10.0. The van der Waals surface area contributed by atoms with Crippen LogP contribution in [0.2, 0.25) is 0 Å². The molecule has 1 fully saturated rings. The maximum absolute atomic E-state index is 11.4. The molecule has 2 amide bonds. The van der Waals surface area contributed by atoms with Crippen LogP contribution in [0.3, 0.4) is 0 Å². The van der Waals surface area contributed by atoms with Crippen LogP contribution >= 0.6 is 0 Å². The van der Waals surface area contributed by atoms with Gasteiger partial charge in [0, 0.05) is 31.1 Å². The number of morpholine rings is 1. The second-order valence-corrected chi connectivity index (χ2v) is 5.80. The van der Waals surface area contributed by atoms with Gasteiger partial charge in [-0.25, -0.2) is 5.43 Å². The van der Waals surface area contributed by atoms with Crippen LogP contribution in [-0.4, -0.2) is 42.7 Å². The highest BCUT2D eigenvalue weighted by atomic mass is 16.5. The minimum atomic E-state index is -0.0929. The molecule has 0 aliphatic carbocycles. The average molecular weight is 316 g/mol. The Balaban J connectivity index is 1.74. The lowest BCUT2D eigenvalue weighted by Crippen LogP contribution is -2.48. The van der Waals surface area contributed by atoms with Gasteiger partial charge in [-0.15, -0.1) is 0 Å². The Bertz CT molecular complexity index is 632. The number of amides is 2. The van der Waals surface area contributed by atoms with E-state index in [-0.39, 0.29) is 17.9 Å². The van der Waals surface area contributed by atoms with Gasteiger partial charge in [0.25, 0.3) is 0 Å². The fourth-order valence-electron chi connectivity index (χ4n) is 2.98. The summed E-state index contributed by atoms with van der Waals surface area (Å²) in [4.78, 5) is 24.1. The summed E-state index contributed by atoms with van der Waals surface area (Å²) in [5.74, 6) is 0.962. The van der Waals surface area contributed by atoms with E-state index in [0.29, 0.717) is 26.0 Å². The number of nitrogens with zero attached hydrogens (tertiary/aromatic N) is 2. The second-order valence-electron chi connectivity index (χ2n) is 5.80. The first-order chi connectivity index (χ1) is 11.2. The molecular weight excluding hydrogens is 296 g/mol. The van der Waals surface area contributed by atoms with Crippen molar-refractivity contribution in [1.82, 2.24) is 10.3 Å². The Morgan fingerprint density at radius 2 is 2.35 bits per heavy atom. The molecule has 2 aliphatic rings. The Morgan fingerprint density at radius 3 is 3.13 bits per heavy atom. The number of rotatable bonds is 3. The summed E-state index contributed by atoms with van der Waals surface area (Å²) in [5.41, 5.74) is 4.31. The van der Waals surface area contributed by atoms with E-state index in [4.69, 9.17) is 4.74 Å². The van der Waals surface area contributed by atoms with Crippen LogP contribution in [0.5, 0.6) is 0 Å². The van der Waals surface area contributed by atoms with Crippen LogP contribution in [0, 0.1) is 5.92 Å². The Labute approximate surface area is 134 Å². The molecular formula is C16H20N4O3. The zero-order valence-corrected chi connectivity index (χ0v) is 13.0. The van der Waals surface area contributed by atoms with Crippen molar-refractivity contribution in [3.63, 3.8) is 0 Å². The van der Waals surface area contributed by atoms with Gasteiger partial charge in [0.05, 0.1) is 6.61 Å². The number of anilines is 1. The largest absolute Gasteiger partial charge is 0.370 e. The van der Waals surface area contributed by atoms with Gasteiger partial charge < -0.3 is 15.0 Å². The van der Waals surface area contributed by atoms with Crippen molar-refractivity contribution < 1.29 is 14.3 Å². The number of carbonyl (C=O) groups excluding carboxylic acids is 2. The zero-order valence-electron chi connectivity index (χ0n) is 13.0. The predicted octanol–water partition coefficient (Wildman–Crippen LogP) is 1.10. The van der Waals surface area contributed by atoms with Crippen molar-refractivity contribution in [1.29, 1.82) is 0 Å². The van der Waals surface area contributed by atoms with E-state index in [1.807, 2.05) is 31.2 Å². The van der Waals surface area contributed by atoms with E-state index in [0.717, 1.165) is 23.6 Å². The number of benzene rings is 1. The van der Waals surface area contributed by atoms with E-state index in [1.165, 1.54) is 0 Å². The molecule has 2 heterocycles. The molecule has 0 bridgehead atoms. The molecule has 3 rings (SSSR count). The Kier molecular flexibility index (Phi) is 4.57. The van der Waals surface area contributed by atoms with Crippen LogP contribution in [-0.2, 0) is 14.3 Å². The first-order valence-electron chi connectivity index (χ1n) is 7.70. The van der Waals surface area contributed by atoms with E-state index < -0.39 is 0 Å². The highest BCUT2D eigenvalue weighted by Crippen LogP contribution is 2.26. The van der Waals surface area contributed by atoms with Gasteiger partial charge in [-0.05, 0) is 17.7 Å². The van der Waals surface area contributed by atoms with Crippen LogP contribution in [0.1, 0.15) is 25.0 Å². The fraction of sp³-hybridized carbons (Fsp3) is 0.438. The van der Waals surface area contributed by atoms with E-state index >= 15 is 0 Å². The van der Waals surface area contributed by atoms with Gasteiger partial charge in [-0.1, -0.05) is 19.1 Å². The molecule has 1 aromatic rings. The van der Waals surface area contributed by atoms with Crippen molar-refractivity contribution in [2.75, 3.05) is 25.0 Å². The van der Waals surface area contributed by atoms with Gasteiger partial charge in [0.1, 0.15) is 11.9 Å². The molecule has 1 aromatic carbocycles. The van der Waals surface area contributed by atoms with Crippen LogP contribution in [0.4, 0.5) is 5.69 Å². The van der Waals surface area contributed by atoms with Crippen LogP contribution in [0.25, 0.3) is 0 Å². The topological polar surface area (TPSA) is 83.0 Å². The fourth-order valence-corrected chi connectivity index (χ4v) is 2.98. The predicted molar refractivity (Wildman–Crippen MR) is 85.8 cm³/mol. The Hall–Kier alpha value is -2.41. The first-order valence-corrected chi connectivity index (χ1v) is 7.70. The number of hydrogen-bond acceptors (Lipinski definition) is 5. The molecule has 122 valence electrons. The highest BCUT2D eigenvalue weighted by molar-refractivity contribution is 5.93. The van der Waals surface area contributed by atoms with Crippen LogP contribution < -0.4 is 10.7 Å². The molecule has 23 heavy (non-hydrogen) atoms. The first kappa shape index (κ1) is 15.5. The molecule has 2 atom stereocenters. The Morgan fingerprint density at radius 1 is 1.48 bits per heavy atom. The molecule has 1 saturated heterocycles. The van der Waals surface area contributed by atoms with Crippen molar-refractivity contribution >= 4 is 23.8 Å². The summed E-state index contributed by atoms with van der Waals surface area (Å²) in [7, 11) is 0. The maximum Gasteiger partial charge on any atom is 0.240 e. The second kappa shape index (κ2) is 6.78. The quantitative estimate of drug-likeness (QED) is 0.818. The molecule has 7 nitrogen and oxygen atoms in total. The van der Waals surface area contributed by atoms with Crippen molar-refractivity contribution in [3.05, 3.63) is 29.8 Å². The summed E-state index contributed by atoms with van der Waals surface area (Å²) in [6.45, 7) is 4.03. The van der Waals surface area contributed by atoms with E-state index in [1.54, 1.807) is 0 Å². The molecule has 7 heteroatoms. The molecule has 2 unspecified atom stereocenters. The zero-order chi connectivity index (χ0) is 16.2. The maximum atomic E-state index is 11.4. The number of hydrogen-bond donors (Lipinski definition) is 2. The minimum absolute atomic E-state index is 0.0429. The molecule has 0 spiro atoms. The monoisotopic (exact) mass is 316 g/mol. The summed E-state index contributed by atoms with van der Waals surface area (Å²) in [6, 6.07) is 7.63. The molecule has 0 radical (unpaired) electrons. The summed E-state index contributed by atoms with van der Waals surface area (Å²) in [5, 5.41) is 6.87. The third-order valence-electron chi connectivity index (χ3n) is 4.10. The normalized spacial score (nSPS) is 24.7. The molecule has 2 aliphatic heterocycles. The van der Waals surface area contributed by atoms with Crippen LogP contribution in [0.15, 0.2) is 29.4 Å². The third-order valence-corrected chi connectivity index (χ3v) is 4.10. The summed E-state index contributed by atoms with van der Waals surface area (Å²) >= 11 is 0. The van der Waals surface area contributed by atoms with Gasteiger partial charge >= 0.3 is 0 Å². The molecule has 0 saturated carbocycles. The number of ether oxygens (including phenoxy) is 1. The SMILES string of the molecule is CC1CC(=O)NN=C1N1CCOC(c2cccc(NC=O)c2)C1.